The molecule has 0 heterocycles. The highest BCUT2D eigenvalue weighted by atomic mass is 16.2. The Labute approximate surface area is 145 Å². The number of hydrogen-bond donors (Lipinski definition) is 0. The molecule has 1 aliphatic carbocycles. The Morgan fingerprint density at radius 2 is 1.75 bits per heavy atom. The lowest BCUT2D eigenvalue weighted by atomic mass is 10.0. The fraction of sp³-hybridized carbons (Fsp3) is 0.409. The van der Waals surface area contributed by atoms with E-state index in [2.05, 4.69) is 48.5 Å². The van der Waals surface area contributed by atoms with Gasteiger partial charge in [-0.05, 0) is 60.8 Å². The van der Waals surface area contributed by atoms with E-state index >= 15 is 0 Å². The molecule has 0 aliphatic heterocycles. The van der Waals surface area contributed by atoms with Crippen LogP contribution in [0.15, 0.2) is 48.5 Å². The maximum absolute atomic E-state index is 12.4. The lowest BCUT2D eigenvalue weighted by Gasteiger charge is -2.17. The quantitative estimate of drug-likeness (QED) is 0.700. The van der Waals surface area contributed by atoms with E-state index in [0.29, 0.717) is 6.42 Å². The highest BCUT2D eigenvalue weighted by molar-refractivity contribution is 5.78. The number of likely N-dealkylation sites (N-methyl/N-ethyl adjacent to an activating group) is 1. The van der Waals surface area contributed by atoms with Crippen molar-refractivity contribution in [3.05, 3.63) is 70.8 Å². The summed E-state index contributed by atoms with van der Waals surface area (Å²) in [5.74, 6) is 0.229. The number of hydrogen-bond acceptors (Lipinski definition) is 1. The number of unbranched alkanes of at least 4 members (excludes halogenated alkanes) is 1. The molecule has 1 amide bonds. The van der Waals surface area contributed by atoms with Crippen molar-refractivity contribution in [1.29, 1.82) is 0 Å². The maximum Gasteiger partial charge on any atom is 0.226 e. The minimum Gasteiger partial charge on any atom is -0.345 e. The van der Waals surface area contributed by atoms with Gasteiger partial charge in [-0.3, -0.25) is 4.79 Å². The molecule has 0 radical (unpaired) electrons. The van der Waals surface area contributed by atoms with E-state index in [-0.39, 0.29) is 5.91 Å². The van der Waals surface area contributed by atoms with E-state index in [9.17, 15) is 4.79 Å². The van der Waals surface area contributed by atoms with Gasteiger partial charge in [-0.2, -0.15) is 0 Å². The molecule has 0 aromatic heterocycles. The Morgan fingerprint density at radius 1 is 0.958 bits per heavy atom. The van der Waals surface area contributed by atoms with Gasteiger partial charge in [-0.1, -0.05) is 48.5 Å². The molecular weight excluding hydrogens is 294 g/mol. The van der Waals surface area contributed by atoms with Crippen LogP contribution in [0.2, 0.25) is 0 Å². The van der Waals surface area contributed by atoms with Crippen LogP contribution in [0.1, 0.15) is 41.5 Å². The molecule has 0 bridgehead atoms. The molecule has 0 spiro atoms. The summed E-state index contributed by atoms with van der Waals surface area (Å²) in [5.41, 5.74) is 5.47. The number of carbonyl (C=O) groups is 1. The largest absolute Gasteiger partial charge is 0.345 e. The lowest BCUT2D eigenvalue weighted by Crippen LogP contribution is -2.29. The molecule has 0 atom stereocenters. The van der Waals surface area contributed by atoms with Crippen molar-refractivity contribution in [2.75, 3.05) is 13.6 Å². The van der Waals surface area contributed by atoms with E-state index in [1.165, 1.54) is 36.0 Å². The number of nitrogens with zero attached hydrogens (tertiary/aromatic N) is 1. The molecule has 24 heavy (non-hydrogen) atoms. The number of amides is 1. The van der Waals surface area contributed by atoms with Gasteiger partial charge < -0.3 is 4.90 Å². The van der Waals surface area contributed by atoms with E-state index in [1.54, 1.807) is 0 Å². The van der Waals surface area contributed by atoms with Crippen LogP contribution >= 0.6 is 0 Å². The Morgan fingerprint density at radius 3 is 2.58 bits per heavy atom. The third kappa shape index (κ3) is 4.47. The standard InChI is InChI=1S/C22H27NO/c1-23(15-6-5-10-18-8-3-2-4-9-18)22(24)17-19-13-14-20-11-7-12-21(20)16-19/h2-4,8-9,13-14,16H,5-7,10-12,15,17H2,1H3. The summed E-state index contributed by atoms with van der Waals surface area (Å²) in [6.07, 6.45) is 7.43. The predicted octanol–water partition coefficient (Wildman–Crippen LogP) is 4.20. The van der Waals surface area contributed by atoms with Crippen LogP contribution in [0.25, 0.3) is 0 Å². The number of rotatable bonds is 7. The molecule has 0 saturated carbocycles. The van der Waals surface area contributed by atoms with E-state index < -0.39 is 0 Å². The zero-order valence-electron chi connectivity index (χ0n) is 14.6. The van der Waals surface area contributed by atoms with Crippen LogP contribution in [0, 0.1) is 0 Å². The summed E-state index contributed by atoms with van der Waals surface area (Å²) >= 11 is 0. The van der Waals surface area contributed by atoms with Crippen molar-refractivity contribution in [3.8, 4) is 0 Å². The van der Waals surface area contributed by atoms with Crippen molar-refractivity contribution < 1.29 is 4.79 Å². The van der Waals surface area contributed by atoms with Crippen molar-refractivity contribution >= 4 is 5.91 Å². The molecule has 126 valence electrons. The van der Waals surface area contributed by atoms with E-state index in [0.717, 1.165) is 31.4 Å². The summed E-state index contributed by atoms with van der Waals surface area (Å²) in [5, 5.41) is 0. The van der Waals surface area contributed by atoms with Crippen LogP contribution in [-0.4, -0.2) is 24.4 Å². The SMILES string of the molecule is CN(CCCCc1ccccc1)C(=O)Cc1ccc2c(c1)CCC2. The number of aryl methyl sites for hydroxylation is 3. The second-order valence-corrected chi connectivity index (χ2v) is 6.89. The lowest BCUT2D eigenvalue weighted by molar-refractivity contribution is -0.129. The van der Waals surface area contributed by atoms with Gasteiger partial charge in [0, 0.05) is 13.6 Å². The molecule has 2 nitrogen and oxygen atoms in total. The van der Waals surface area contributed by atoms with Gasteiger partial charge >= 0.3 is 0 Å². The molecule has 0 unspecified atom stereocenters. The average molecular weight is 321 g/mol. The van der Waals surface area contributed by atoms with Crippen molar-refractivity contribution in [2.24, 2.45) is 0 Å². The highest BCUT2D eigenvalue weighted by Gasteiger charge is 2.14. The first kappa shape index (κ1) is 16.8. The molecule has 2 heteroatoms. The summed E-state index contributed by atoms with van der Waals surface area (Å²) in [6, 6.07) is 17.1. The third-order valence-electron chi connectivity index (χ3n) is 5.00. The highest BCUT2D eigenvalue weighted by Crippen LogP contribution is 2.23. The van der Waals surface area contributed by atoms with Gasteiger partial charge in [-0.25, -0.2) is 0 Å². The van der Waals surface area contributed by atoms with Crippen molar-refractivity contribution in [3.63, 3.8) is 0 Å². The molecule has 0 saturated heterocycles. The zero-order chi connectivity index (χ0) is 16.8. The van der Waals surface area contributed by atoms with Gasteiger partial charge in [0.1, 0.15) is 0 Å². The van der Waals surface area contributed by atoms with Gasteiger partial charge in [0.05, 0.1) is 6.42 Å². The summed E-state index contributed by atoms with van der Waals surface area (Å²) in [7, 11) is 1.93. The van der Waals surface area contributed by atoms with Crippen LogP contribution in [-0.2, 0) is 30.5 Å². The van der Waals surface area contributed by atoms with Crippen LogP contribution in [0.3, 0.4) is 0 Å². The Bertz CT molecular complexity index is 678. The summed E-state index contributed by atoms with van der Waals surface area (Å²) < 4.78 is 0. The van der Waals surface area contributed by atoms with Crippen LogP contribution < -0.4 is 0 Å². The summed E-state index contributed by atoms with van der Waals surface area (Å²) in [6.45, 7) is 0.844. The fourth-order valence-corrected chi connectivity index (χ4v) is 3.49. The predicted molar refractivity (Wildman–Crippen MR) is 99.2 cm³/mol. The van der Waals surface area contributed by atoms with E-state index in [1.807, 2.05) is 11.9 Å². The molecule has 0 fully saturated rings. The van der Waals surface area contributed by atoms with Gasteiger partial charge in [0.15, 0.2) is 0 Å². The van der Waals surface area contributed by atoms with Gasteiger partial charge in [0.2, 0.25) is 5.91 Å². The number of carbonyl (C=O) groups excluding carboxylic acids is 1. The fourth-order valence-electron chi connectivity index (χ4n) is 3.49. The molecule has 2 aromatic rings. The summed E-state index contributed by atoms with van der Waals surface area (Å²) in [4.78, 5) is 14.3. The Hall–Kier alpha value is -2.09. The second-order valence-electron chi connectivity index (χ2n) is 6.89. The topological polar surface area (TPSA) is 20.3 Å². The average Bonchev–Trinajstić information content (AvgIpc) is 3.07. The van der Waals surface area contributed by atoms with Crippen molar-refractivity contribution in [2.45, 2.75) is 44.9 Å². The zero-order valence-corrected chi connectivity index (χ0v) is 14.6. The molecule has 0 N–H and O–H groups in total. The smallest absolute Gasteiger partial charge is 0.226 e. The number of fused-ring (bicyclic) bond motifs is 1. The first-order valence-corrected chi connectivity index (χ1v) is 9.11. The molecule has 3 rings (SSSR count). The van der Waals surface area contributed by atoms with Crippen molar-refractivity contribution in [1.82, 2.24) is 4.90 Å². The molecule has 2 aromatic carbocycles. The van der Waals surface area contributed by atoms with Gasteiger partial charge in [-0.15, -0.1) is 0 Å². The Kier molecular flexibility index (Phi) is 5.68. The minimum atomic E-state index is 0.229. The Balaban J connectivity index is 1.41. The third-order valence-corrected chi connectivity index (χ3v) is 5.00. The second kappa shape index (κ2) is 8.14. The van der Waals surface area contributed by atoms with Crippen LogP contribution in [0.5, 0.6) is 0 Å². The van der Waals surface area contributed by atoms with Crippen LogP contribution in [0.4, 0.5) is 0 Å². The van der Waals surface area contributed by atoms with Gasteiger partial charge in [0.25, 0.3) is 0 Å². The normalized spacial score (nSPS) is 12.9. The number of benzene rings is 2. The first-order valence-electron chi connectivity index (χ1n) is 9.11. The van der Waals surface area contributed by atoms with E-state index in [4.69, 9.17) is 0 Å². The minimum absolute atomic E-state index is 0.229. The maximum atomic E-state index is 12.4. The first-order chi connectivity index (χ1) is 11.7. The monoisotopic (exact) mass is 321 g/mol. The molecule has 1 aliphatic rings. The molecular formula is C22H27NO.